The molecule has 0 bridgehead atoms. The molecule has 2 aromatic rings. The lowest BCUT2D eigenvalue weighted by molar-refractivity contribution is 0.627. The summed E-state index contributed by atoms with van der Waals surface area (Å²) in [4.78, 5) is 4.27. The summed E-state index contributed by atoms with van der Waals surface area (Å²) in [5.74, 6) is 1.79. The van der Waals surface area contributed by atoms with Crippen LogP contribution in [0.1, 0.15) is 11.3 Å². The van der Waals surface area contributed by atoms with Gasteiger partial charge in [0.15, 0.2) is 0 Å². The van der Waals surface area contributed by atoms with Crippen LogP contribution in [0.3, 0.4) is 0 Å². The van der Waals surface area contributed by atoms with E-state index in [1.807, 2.05) is 48.3 Å². The minimum Gasteiger partial charge on any atom is -0.261 e. The van der Waals surface area contributed by atoms with Gasteiger partial charge in [-0.2, -0.15) is 11.8 Å². The van der Waals surface area contributed by atoms with Crippen molar-refractivity contribution in [3.05, 3.63) is 65.7 Å². The van der Waals surface area contributed by atoms with Gasteiger partial charge in [0, 0.05) is 17.6 Å². The number of aromatic nitrogens is 1. The second-order valence-corrected chi connectivity index (χ2v) is 4.86. The Kier molecular flexibility index (Phi) is 4.56. The Balaban J connectivity index is 1.71. The quantitative estimate of drug-likeness (QED) is 0.747. The van der Waals surface area contributed by atoms with Gasteiger partial charge in [-0.25, -0.2) is 4.39 Å². The predicted octanol–water partition coefficient (Wildman–Crippen LogP) is 3.70. The lowest BCUT2D eigenvalue weighted by Gasteiger charge is -2.02. The van der Waals surface area contributed by atoms with Crippen molar-refractivity contribution in [1.82, 2.24) is 4.98 Å². The molecule has 3 heteroatoms. The standard InChI is InChI=1S/C14H14FNS/c15-13-6-4-12(5-7-13)11-17-10-8-14-3-1-2-9-16-14/h1-7,9H,8,10-11H2. The van der Waals surface area contributed by atoms with E-state index in [0.717, 1.165) is 29.2 Å². The van der Waals surface area contributed by atoms with E-state index in [0.29, 0.717) is 0 Å². The number of benzene rings is 1. The molecular weight excluding hydrogens is 233 g/mol. The molecule has 2 rings (SSSR count). The Hall–Kier alpha value is -1.35. The molecule has 0 radical (unpaired) electrons. The summed E-state index contributed by atoms with van der Waals surface area (Å²) in [6.07, 6.45) is 2.80. The largest absolute Gasteiger partial charge is 0.261 e. The molecule has 1 aromatic carbocycles. The van der Waals surface area contributed by atoms with Crippen LogP contribution in [0.4, 0.5) is 4.39 Å². The summed E-state index contributed by atoms with van der Waals surface area (Å²) in [5, 5.41) is 0. The van der Waals surface area contributed by atoms with E-state index in [9.17, 15) is 4.39 Å². The number of hydrogen-bond donors (Lipinski definition) is 0. The van der Waals surface area contributed by atoms with Crippen LogP contribution in [-0.2, 0) is 12.2 Å². The number of rotatable bonds is 5. The first-order valence-electron chi connectivity index (χ1n) is 5.57. The monoisotopic (exact) mass is 247 g/mol. The van der Waals surface area contributed by atoms with Crippen LogP contribution in [0, 0.1) is 5.82 Å². The van der Waals surface area contributed by atoms with E-state index in [1.54, 1.807) is 0 Å². The van der Waals surface area contributed by atoms with Crippen molar-refractivity contribution < 1.29 is 4.39 Å². The summed E-state index contributed by atoms with van der Waals surface area (Å²) in [7, 11) is 0. The molecule has 0 unspecified atom stereocenters. The van der Waals surface area contributed by atoms with Crippen molar-refractivity contribution in [2.24, 2.45) is 0 Å². The fourth-order valence-electron chi connectivity index (χ4n) is 1.49. The van der Waals surface area contributed by atoms with Gasteiger partial charge in [0.25, 0.3) is 0 Å². The average Bonchev–Trinajstić information content (AvgIpc) is 2.38. The minimum absolute atomic E-state index is 0.174. The lowest BCUT2D eigenvalue weighted by Crippen LogP contribution is -1.92. The average molecular weight is 247 g/mol. The Morgan fingerprint density at radius 2 is 1.88 bits per heavy atom. The Labute approximate surface area is 105 Å². The molecule has 1 nitrogen and oxygen atoms in total. The van der Waals surface area contributed by atoms with Crippen LogP contribution in [0.2, 0.25) is 0 Å². The number of halogens is 1. The van der Waals surface area contributed by atoms with Crippen molar-refractivity contribution in [3.8, 4) is 0 Å². The number of nitrogens with zero attached hydrogens (tertiary/aromatic N) is 1. The summed E-state index contributed by atoms with van der Waals surface area (Å²) >= 11 is 1.84. The van der Waals surface area contributed by atoms with E-state index in [-0.39, 0.29) is 5.82 Å². The molecule has 1 aromatic heterocycles. The second-order valence-electron chi connectivity index (χ2n) is 3.75. The zero-order valence-electron chi connectivity index (χ0n) is 9.47. The highest BCUT2D eigenvalue weighted by molar-refractivity contribution is 7.98. The SMILES string of the molecule is Fc1ccc(CSCCc2ccccn2)cc1. The van der Waals surface area contributed by atoms with Crippen LogP contribution in [0.15, 0.2) is 48.7 Å². The van der Waals surface area contributed by atoms with Crippen molar-refractivity contribution in [1.29, 1.82) is 0 Å². The van der Waals surface area contributed by atoms with Gasteiger partial charge < -0.3 is 0 Å². The van der Waals surface area contributed by atoms with Crippen molar-refractivity contribution in [2.45, 2.75) is 12.2 Å². The van der Waals surface area contributed by atoms with Gasteiger partial charge in [0.2, 0.25) is 0 Å². The van der Waals surface area contributed by atoms with Crippen LogP contribution in [0.5, 0.6) is 0 Å². The number of thioether (sulfide) groups is 1. The number of aryl methyl sites for hydroxylation is 1. The molecule has 0 atom stereocenters. The zero-order chi connectivity index (χ0) is 11.9. The van der Waals surface area contributed by atoms with Crippen molar-refractivity contribution in [3.63, 3.8) is 0 Å². The highest BCUT2D eigenvalue weighted by atomic mass is 32.2. The molecule has 0 aliphatic heterocycles. The first-order chi connectivity index (χ1) is 8.34. The van der Waals surface area contributed by atoms with E-state index < -0.39 is 0 Å². The molecule has 0 saturated heterocycles. The van der Waals surface area contributed by atoms with Crippen molar-refractivity contribution in [2.75, 3.05) is 5.75 Å². The smallest absolute Gasteiger partial charge is 0.123 e. The third-order valence-electron chi connectivity index (χ3n) is 2.41. The second kappa shape index (κ2) is 6.40. The van der Waals surface area contributed by atoms with Gasteiger partial charge in [0.1, 0.15) is 5.82 Å². The maximum atomic E-state index is 12.7. The molecule has 88 valence electrons. The highest BCUT2D eigenvalue weighted by Gasteiger charge is 1.96. The topological polar surface area (TPSA) is 12.9 Å². The third-order valence-corrected chi connectivity index (χ3v) is 3.44. The first-order valence-corrected chi connectivity index (χ1v) is 6.72. The van der Waals surface area contributed by atoms with Gasteiger partial charge >= 0.3 is 0 Å². The van der Waals surface area contributed by atoms with E-state index in [2.05, 4.69) is 4.98 Å². The van der Waals surface area contributed by atoms with Gasteiger partial charge in [-0.15, -0.1) is 0 Å². The molecule has 1 heterocycles. The molecule has 0 spiro atoms. The summed E-state index contributed by atoms with van der Waals surface area (Å²) < 4.78 is 12.7. The summed E-state index contributed by atoms with van der Waals surface area (Å²) in [6.45, 7) is 0. The third kappa shape index (κ3) is 4.19. The van der Waals surface area contributed by atoms with Crippen LogP contribution < -0.4 is 0 Å². The molecular formula is C14H14FNS. The van der Waals surface area contributed by atoms with Crippen LogP contribution in [-0.4, -0.2) is 10.7 Å². The highest BCUT2D eigenvalue weighted by Crippen LogP contribution is 2.13. The molecule has 0 N–H and O–H groups in total. The van der Waals surface area contributed by atoms with Gasteiger partial charge in [-0.3, -0.25) is 4.98 Å². The van der Waals surface area contributed by atoms with Gasteiger partial charge in [-0.1, -0.05) is 18.2 Å². The zero-order valence-corrected chi connectivity index (χ0v) is 10.3. The summed E-state index contributed by atoms with van der Waals surface area (Å²) in [5.41, 5.74) is 2.29. The first kappa shape index (κ1) is 12.1. The molecule has 0 fully saturated rings. The summed E-state index contributed by atoms with van der Waals surface area (Å²) in [6, 6.07) is 12.7. The Bertz CT molecular complexity index is 442. The molecule has 0 aliphatic rings. The van der Waals surface area contributed by atoms with E-state index in [4.69, 9.17) is 0 Å². The van der Waals surface area contributed by atoms with Crippen LogP contribution in [0.25, 0.3) is 0 Å². The van der Waals surface area contributed by atoms with E-state index >= 15 is 0 Å². The fourth-order valence-corrected chi connectivity index (χ4v) is 2.42. The number of hydrogen-bond acceptors (Lipinski definition) is 2. The molecule has 0 amide bonds. The number of pyridine rings is 1. The van der Waals surface area contributed by atoms with E-state index in [1.165, 1.54) is 12.1 Å². The predicted molar refractivity (Wildman–Crippen MR) is 70.5 cm³/mol. The minimum atomic E-state index is -0.174. The molecule has 17 heavy (non-hydrogen) atoms. The Morgan fingerprint density at radius 1 is 1.06 bits per heavy atom. The molecule has 0 saturated carbocycles. The van der Waals surface area contributed by atoms with Crippen molar-refractivity contribution >= 4 is 11.8 Å². The maximum Gasteiger partial charge on any atom is 0.123 e. The Morgan fingerprint density at radius 3 is 2.59 bits per heavy atom. The fraction of sp³-hybridized carbons (Fsp3) is 0.214. The lowest BCUT2D eigenvalue weighted by atomic mass is 10.2. The van der Waals surface area contributed by atoms with Crippen LogP contribution >= 0.6 is 11.8 Å². The molecule has 0 aliphatic carbocycles. The van der Waals surface area contributed by atoms with Gasteiger partial charge in [0.05, 0.1) is 0 Å². The van der Waals surface area contributed by atoms with Gasteiger partial charge in [-0.05, 0) is 42.0 Å². The maximum absolute atomic E-state index is 12.7. The normalized spacial score (nSPS) is 10.4.